The summed E-state index contributed by atoms with van der Waals surface area (Å²) in [6.45, 7) is 2.04. The average Bonchev–Trinajstić information content (AvgIpc) is 3.16. The van der Waals surface area contributed by atoms with Crippen molar-refractivity contribution in [2.45, 2.75) is 6.42 Å². The van der Waals surface area contributed by atoms with Crippen molar-refractivity contribution in [1.29, 1.82) is 0 Å². The van der Waals surface area contributed by atoms with Crippen molar-refractivity contribution in [3.63, 3.8) is 0 Å². The number of urea groups is 1. The van der Waals surface area contributed by atoms with E-state index in [9.17, 15) is 4.79 Å². The maximum atomic E-state index is 12.1. The molecule has 0 radical (unpaired) electrons. The molecule has 0 bridgehead atoms. The van der Waals surface area contributed by atoms with Crippen molar-refractivity contribution < 1.29 is 19.0 Å². The van der Waals surface area contributed by atoms with Crippen LogP contribution in [0.1, 0.15) is 6.42 Å². The zero-order chi connectivity index (χ0) is 17.5. The van der Waals surface area contributed by atoms with Crippen molar-refractivity contribution in [1.82, 2.24) is 10.3 Å². The first-order chi connectivity index (χ1) is 12.2. The number of carbonyl (C=O) groups excluding carboxylic acids is 1. The van der Waals surface area contributed by atoms with Crippen LogP contribution in [-0.4, -0.2) is 37.9 Å². The molecule has 2 amide bonds. The first-order valence-corrected chi connectivity index (χ1v) is 8.14. The summed E-state index contributed by atoms with van der Waals surface area (Å²) in [6.07, 6.45) is 2.58. The monoisotopic (exact) mass is 343 g/mol. The second-order valence-electron chi connectivity index (χ2n) is 5.70. The van der Waals surface area contributed by atoms with Crippen molar-refractivity contribution in [2.75, 3.05) is 32.2 Å². The van der Waals surface area contributed by atoms with E-state index in [4.69, 9.17) is 14.2 Å². The Morgan fingerprint density at radius 3 is 2.80 bits per heavy atom. The van der Waals surface area contributed by atoms with E-state index in [0.29, 0.717) is 36.4 Å². The Morgan fingerprint density at radius 2 is 2.08 bits per heavy atom. The Morgan fingerprint density at radius 1 is 1.28 bits per heavy atom. The average molecular weight is 343 g/mol. The summed E-state index contributed by atoms with van der Waals surface area (Å²) in [5.41, 5.74) is 0.499. The summed E-state index contributed by atoms with van der Waals surface area (Å²) >= 11 is 0. The number of amides is 2. The van der Waals surface area contributed by atoms with E-state index in [1.165, 1.54) is 0 Å². The highest BCUT2D eigenvalue weighted by Crippen LogP contribution is 2.28. The number of rotatable bonds is 6. The minimum absolute atomic E-state index is 0.292. The standard InChI is InChI=1S/C18H21N3O4/c1-23-14-4-6-15(7-5-14)25-17-16(3-2-9-19-17)21-18(22)20-11-13-8-10-24-12-13/h2-7,9,13H,8,10-12H2,1H3,(H2,20,21,22)/t13-/m1/s1. The summed E-state index contributed by atoms with van der Waals surface area (Å²) in [5, 5.41) is 5.62. The molecule has 1 atom stereocenters. The first kappa shape index (κ1) is 17.0. The summed E-state index contributed by atoms with van der Waals surface area (Å²) in [4.78, 5) is 16.3. The molecule has 0 unspecified atom stereocenters. The van der Waals surface area contributed by atoms with E-state index in [-0.39, 0.29) is 6.03 Å². The van der Waals surface area contributed by atoms with Gasteiger partial charge in [0.15, 0.2) is 0 Å². The molecule has 2 N–H and O–H groups in total. The molecule has 1 saturated heterocycles. The molecule has 1 aromatic heterocycles. The Bertz CT molecular complexity index is 700. The molecule has 0 saturated carbocycles. The van der Waals surface area contributed by atoms with Gasteiger partial charge in [-0.2, -0.15) is 0 Å². The van der Waals surface area contributed by atoms with Crippen LogP contribution in [0.5, 0.6) is 17.4 Å². The normalized spacial score (nSPS) is 16.3. The molecule has 2 heterocycles. The third kappa shape index (κ3) is 4.84. The highest BCUT2D eigenvalue weighted by molar-refractivity contribution is 5.90. The van der Waals surface area contributed by atoms with E-state index in [1.54, 1.807) is 49.7 Å². The second kappa shape index (κ2) is 8.34. The van der Waals surface area contributed by atoms with Crippen molar-refractivity contribution >= 4 is 11.7 Å². The predicted molar refractivity (Wildman–Crippen MR) is 93.3 cm³/mol. The number of hydrogen-bond donors (Lipinski definition) is 2. The number of aromatic nitrogens is 1. The van der Waals surface area contributed by atoms with Gasteiger partial charge >= 0.3 is 6.03 Å². The molecule has 0 aliphatic carbocycles. The fraction of sp³-hybridized carbons (Fsp3) is 0.333. The number of pyridine rings is 1. The van der Waals surface area contributed by atoms with Gasteiger partial charge in [0, 0.05) is 25.3 Å². The number of benzene rings is 1. The minimum Gasteiger partial charge on any atom is -0.497 e. The maximum absolute atomic E-state index is 12.1. The van der Waals surface area contributed by atoms with Crippen LogP contribution in [0.15, 0.2) is 42.6 Å². The molecule has 0 spiro atoms. The van der Waals surface area contributed by atoms with Gasteiger partial charge in [0.05, 0.1) is 13.7 Å². The van der Waals surface area contributed by atoms with E-state index in [2.05, 4.69) is 15.6 Å². The van der Waals surface area contributed by atoms with Crippen LogP contribution in [0.2, 0.25) is 0 Å². The predicted octanol–water partition coefficient (Wildman–Crippen LogP) is 3.04. The first-order valence-electron chi connectivity index (χ1n) is 8.14. The second-order valence-corrected chi connectivity index (χ2v) is 5.70. The Labute approximate surface area is 146 Å². The molecular weight excluding hydrogens is 322 g/mol. The van der Waals surface area contributed by atoms with Gasteiger partial charge < -0.3 is 24.8 Å². The quantitative estimate of drug-likeness (QED) is 0.842. The Hall–Kier alpha value is -2.80. The molecule has 1 aromatic carbocycles. The van der Waals surface area contributed by atoms with Gasteiger partial charge in [0.2, 0.25) is 5.88 Å². The molecule has 2 aromatic rings. The molecule has 132 valence electrons. The molecule has 7 heteroatoms. The van der Waals surface area contributed by atoms with Gasteiger partial charge in [-0.1, -0.05) is 0 Å². The van der Waals surface area contributed by atoms with Crippen LogP contribution in [0, 0.1) is 5.92 Å². The number of ether oxygens (including phenoxy) is 3. The highest BCUT2D eigenvalue weighted by atomic mass is 16.5. The topological polar surface area (TPSA) is 81.7 Å². The molecule has 1 fully saturated rings. The van der Waals surface area contributed by atoms with E-state index < -0.39 is 0 Å². The summed E-state index contributed by atoms with van der Waals surface area (Å²) in [5.74, 6) is 2.04. The number of carbonyl (C=O) groups is 1. The van der Waals surface area contributed by atoms with E-state index in [0.717, 1.165) is 18.8 Å². The smallest absolute Gasteiger partial charge is 0.319 e. The van der Waals surface area contributed by atoms with Gasteiger partial charge in [-0.15, -0.1) is 0 Å². The summed E-state index contributed by atoms with van der Waals surface area (Å²) in [6, 6.07) is 10.3. The van der Waals surface area contributed by atoms with Gasteiger partial charge in [-0.25, -0.2) is 9.78 Å². The van der Waals surface area contributed by atoms with Crippen molar-refractivity contribution in [2.24, 2.45) is 5.92 Å². The van der Waals surface area contributed by atoms with Gasteiger partial charge in [-0.05, 0) is 42.8 Å². The van der Waals surface area contributed by atoms with Gasteiger partial charge in [0.1, 0.15) is 17.2 Å². The maximum Gasteiger partial charge on any atom is 0.319 e. The lowest BCUT2D eigenvalue weighted by Gasteiger charge is -2.13. The van der Waals surface area contributed by atoms with Crippen LogP contribution in [-0.2, 0) is 4.74 Å². The van der Waals surface area contributed by atoms with Crippen LogP contribution in [0.3, 0.4) is 0 Å². The third-order valence-electron chi connectivity index (χ3n) is 3.87. The zero-order valence-electron chi connectivity index (χ0n) is 14.0. The summed E-state index contributed by atoms with van der Waals surface area (Å²) in [7, 11) is 1.60. The summed E-state index contributed by atoms with van der Waals surface area (Å²) < 4.78 is 16.2. The van der Waals surface area contributed by atoms with Crippen molar-refractivity contribution in [3.05, 3.63) is 42.6 Å². The number of methoxy groups -OCH3 is 1. The molecular formula is C18H21N3O4. The minimum atomic E-state index is -0.292. The molecule has 1 aliphatic heterocycles. The van der Waals surface area contributed by atoms with E-state index >= 15 is 0 Å². The number of hydrogen-bond acceptors (Lipinski definition) is 5. The Kier molecular flexibility index (Phi) is 5.69. The zero-order valence-corrected chi connectivity index (χ0v) is 14.0. The lowest BCUT2D eigenvalue weighted by molar-refractivity contribution is 0.185. The van der Waals surface area contributed by atoms with Crippen LogP contribution < -0.4 is 20.1 Å². The van der Waals surface area contributed by atoms with Gasteiger partial charge in [0.25, 0.3) is 0 Å². The lowest BCUT2D eigenvalue weighted by atomic mass is 10.1. The van der Waals surface area contributed by atoms with Crippen LogP contribution in [0.4, 0.5) is 10.5 Å². The van der Waals surface area contributed by atoms with E-state index in [1.807, 2.05) is 0 Å². The fourth-order valence-corrected chi connectivity index (χ4v) is 2.47. The third-order valence-corrected chi connectivity index (χ3v) is 3.87. The number of nitrogens with one attached hydrogen (secondary N) is 2. The van der Waals surface area contributed by atoms with Crippen molar-refractivity contribution in [3.8, 4) is 17.4 Å². The molecule has 25 heavy (non-hydrogen) atoms. The Balaban J connectivity index is 1.60. The van der Waals surface area contributed by atoms with Crippen LogP contribution in [0.25, 0.3) is 0 Å². The molecule has 1 aliphatic rings. The SMILES string of the molecule is COc1ccc(Oc2ncccc2NC(=O)NC[C@H]2CCOC2)cc1. The fourth-order valence-electron chi connectivity index (χ4n) is 2.47. The number of anilines is 1. The molecule has 3 rings (SSSR count). The molecule has 7 nitrogen and oxygen atoms in total. The number of nitrogens with zero attached hydrogens (tertiary/aromatic N) is 1. The van der Waals surface area contributed by atoms with Gasteiger partial charge in [-0.3, -0.25) is 0 Å². The van der Waals surface area contributed by atoms with Crippen LogP contribution >= 0.6 is 0 Å². The lowest BCUT2D eigenvalue weighted by Crippen LogP contribution is -2.33. The highest BCUT2D eigenvalue weighted by Gasteiger charge is 2.17. The largest absolute Gasteiger partial charge is 0.497 e.